The molecule has 0 aliphatic carbocycles. The Morgan fingerprint density at radius 3 is 2.32 bits per heavy atom. The number of aromatic nitrogens is 3. The van der Waals surface area contributed by atoms with Crippen LogP contribution in [0.1, 0.15) is 30.8 Å². The number of hydrogen-bond acceptors (Lipinski definition) is 4. The lowest BCUT2D eigenvalue weighted by Crippen LogP contribution is -2.28. The van der Waals surface area contributed by atoms with Crippen molar-refractivity contribution >= 4 is 5.95 Å². The van der Waals surface area contributed by atoms with Crippen LogP contribution in [0.4, 0.5) is 5.95 Å². The highest BCUT2D eigenvalue weighted by Crippen LogP contribution is 2.22. The summed E-state index contributed by atoms with van der Waals surface area (Å²) in [4.78, 5) is 4.38. The molecule has 2 aromatic rings. The van der Waals surface area contributed by atoms with Crippen molar-refractivity contribution < 1.29 is 0 Å². The van der Waals surface area contributed by atoms with E-state index in [2.05, 4.69) is 58.6 Å². The van der Waals surface area contributed by atoms with Crippen molar-refractivity contribution in [2.24, 2.45) is 0 Å². The van der Waals surface area contributed by atoms with E-state index in [0.717, 1.165) is 17.9 Å². The minimum absolute atomic E-state index is 0.0173. The fourth-order valence-electron chi connectivity index (χ4n) is 1.82. The van der Waals surface area contributed by atoms with E-state index in [-0.39, 0.29) is 5.41 Å². The molecule has 1 N–H and O–H groups in total. The fraction of sp³-hybridized carbons (Fsp3) is 0.400. The maximum Gasteiger partial charge on any atom is 0.242 e. The molecule has 0 saturated heterocycles. The second-order valence-electron chi connectivity index (χ2n) is 5.41. The van der Waals surface area contributed by atoms with Crippen molar-refractivity contribution in [2.45, 2.75) is 33.1 Å². The van der Waals surface area contributed by atoms with Gasteiger partial charge in [0.15, 0.2) is 0 Å². The molecule has 1 heterocycles. The number of anilines is 1. The quantitative estimate of drug-likeness (QED) is 0.914. The Labute approximate surface area is 114 Å². The molecule has 0 atom stereocenters. The standard InChI is InChI=1S/C15H20N4/c1-11-12(2)18-19-14(17-11)16-10-15(3,4)13-8-6-5-7-9-13/h5-9H,10H2,1-4H3,(H,16,17,19). The third-order valence-corrected chi connectivity index (χ3v) is 3.34. The Bertz CT molecular complexity index is 549. The van der Waals surface area contributed by atoms with Crippen LogP contribution in [0, 0.1) is 13.8 Å². The Hall–Kier alpha value is -1.97. The first-order valence-electron chi connectivity index (χ1n) is 6.46. The predicted octanol–water partition coefficient (Wildman–Crippen LogP) is 2.88. The zero-order valence-corrected chi connectivity index (χ0v) is 11.9. The zero-order valence-electron chi connectivity index (χ0n) is 11.9. The molecular weight excluding hydrogens is 236 g/mol. The Morgan fingerprint density at radius 1 is 1.00 bits per heavy atom. The summed E-state index contributed by atoms with van der Waals surface area (Å²) >= 11 is 0. The van der Waals surface area contributed by atoms with Gasteiger partial charge >= 0.3 is 0 Å². The van der Waals surface area contributed by atoms with Gasteiger partial charge < -0.3 is 5.32 Å². The van der Waals surface area contributed by atoms with Gasteiger partial charge in [0.1, 0.15) is 0 Å². The van der Waals surface area contributed by atoms with Crippen LogP contribution in [0.15, 0.2) is 30.3 Å². The van der Waals surface area contributed by atoms with E-state index in [9.17, 15) is 0 Å². The van der Waals surface area contributed by atoms with Gasteiger partial charge in [-0.25, -0.2) is 4.98 Å². The van der Waals surface area contributed by atoms with Gasteiger partial charge in [0.05, 0.1) is 11.4 Å². The highest BCUT2D eigenvalue weighted by atomic mass is 15.2. The molecule has 0 unspecified atom stereocenters. The van der Waals surface area contributed by atoms with Crippen molar-refractivity contribution in [3.05, 3.63) is 47.3 Å². The topological polar surface area (TPSA) is 50.7 Å². The van der Waals surface area contributed by atoms with Crippen LogP contribution in [0.5, 0.6) is 0 Å². The lowest BCUT2D eigenvalue weighted by atomic mass is 9.85. The van der Waals surface area contributed by atoms with Crippen molar-refractivity contribution in [3.63, 3.8) is 0 Å². The lowest BCUT2D eigenvalue weighted by molar-refractivity contribution is 0.554. The summed E-state index contributed by atoms with van der Waals surface area (Å²) in [6.07, 6.45) is 0. The summed E-state index contributed by atoms with van der Waals surface area (Å²) in [6.45, 7) is 9.01. The molecule has 19 heavy (non-hydrogen) atoms. The van der Waals surface area contributed by atoms with Crippen LogP contribution in [-0.2, 0) is 5.41 Å². The van der Waals surface area contributed by atoms with Crippen LogP contribution >= 0.6 is 0 Å². The summed E-state index contributed by atoms with van der Waals surface area (Å²) in [5.41, 5.74) is 3.09. The molecule has 0 amide bonds. The molecule has 0 aliphatic rings. The molecule has 4 heteroatoms. The van der Waals surface area contributed by atoms with Crippen LogP contribution in [-0.4, -0.2) is 21.7 Å². The fourth-order valence-corrected chi connectivity index (χ4v) is 1.82. The first-order chi connectivity index (χ1) is 8.99. The molecule has 1 aromatic carbocycles. The first-order valence-corrected chi connectivity index (χ1v) is 6.46. The number of hydrogen-bond donors (Lipinski definition) is 1. The molecular formula is C15H20N4. The maximum atomic E-state index is 4.38. The van der Waals surface area contributed by atoms with Crippen LogP contribution in [0.2, 0.25) is 0 Å². The van der Waals surface area contributed by atoms with Crippen molar-refractivity contribution in [1.29, 1.82) is 0 Å². The Morgan fingerprint density at radius 2 is 1.68 bits per heavy atom. The number of rotatable bonds is 4. The van der Waals surface area contributed by atoms with Gasteiger partial charge in [0, 0.05) is 12.0 Å². The average Bonchev–Trinajstić information content (AvgIpc) is 2.41. The number of aryl methyl sites for hydroxylation is 2. The first kappa shape index (κ1) is 13.5. The molecule has 2 rings (SSSR count). The van der Waals surface area contributed by atoms with E-state index < -0.39 is 0 Å². The van der Waals surface area contributed by atoms with Crippen molar-refractivity contribution in [1.82, 2.24) is 15.2 Å². The molecule has 0 radical (unpaired) electrons. The van der Waals surface area contributed by atoms with E-state index in [1.807, 2.05) is 19.9 Å². The third-order valence-electron chi connectivity index (χ3n) is 3.34. The normalized spacial score (nSPS) is 11.4. The number of nitrogens with one attached hydrogen (secondary N) is 1. The number of nitrogens with zero attached hydrogens (tertiary/aromatic N) is 3. The largest absolute Gasteiger partial charge is 0.352 e. The van der Waals surface area contributed by atoms with Crippen LogP contribution in [0.3, 0.4) is 0 Å². The summed E-state index contributed by atoms with van der Waals surface area (Å²) in [7, 11) is 0. The summed E-state index contributed by atoms with van der Waals surface area (Å²) < 4.78 is 0. The molecule has 0 aliphatic heterocycles. The average molecular weight is 256 g/mol. The minimum atomic E-state index is 0.0173. The van der Waals surface area contributed by atoms with Crippen molar-refractivity contribution in [2.75, 3.05) is 11.9 Å². The Balaban J connectivity index is 2.07. The van der Waals surface area contributed by atoms with E-state index in [0.29, 0.717) is 5.95 Å². The van der Waals surface area contributed by atoms with Gasteiger partial charge in [-0.2, -0.15) is 5.10 Å². The third kappa shape index (κ3) is 3.28. The van der Waals surface area contributed by atoms with Gasteiger partial charge in [0.2, 0.25) is 5.95 Å². The smallest absolute Gasteiger partial charge is 0.242 e. The lowest BCUT2D eigenvalue weighted by Gasteiger charge is -2.25. The highest BCUT2D eigenvalue weighted by molar-refractivity contribution is 5.30. The maximum absolute atomic E-state index is 4.38. The highest BCUT2D eigenvalue weighted by Gasteiger charge is 2.20. The minimum Gasteiger partial charge on any atom is -0.352 e. The summed E-state index contributed by atoms with van der Waals surface area (Å²) in [6, 6.07) is 10.4. The molecule has 100 valence electrons. The predicted molar refractivity (Wildman–Crippen MR) is 77.3 cm³/mol. The van der Waals surface area contributed by atoms with Gasteiger partial charge in [-0.05, 0) is 19.4 Å². The van der Waals surface area contributed by atoms with Gasteiger partial charge in [-0.3, -0.25) is 0 Å². The van der Waals surface area contributed by atoms with E-state index >= 15 is 0 Å². The molecule has 4 nitrogen and oxygen atoms in total. The van der Waals surface area contributed by atoms with Gasteiger partial charge in [-0.1, -0.05) is 44.2 Å². The second-order valence-corrected chi connectivity index (χ2v) is 5.41. The van der Waals surface area contributed by atoms with E-state index in [4.69, 9.17) is 0 Å². The van der Waals surface area contributed by atoms with Crippen molar-refractivity contribution in [3.8, 4) is 0 Å². The number of benzene rings is 1. The van der Waals surface area contributed by atoms with Gasteiger partial charge in [-0.15, -0.1) is 5.10 Å². The van der Waals surface area contributed by atoms with E-state index in [1.165, 1.54) is 5.56 Å². The van der Waals surface area contributed by atoms with E-state index in [1.54, 1.807) is 0 Å². The molecule has 1 aromatic heterocycles. The molecule has 0 saturated carbocycles. The monoisotopic (exact) mass is 256 g/mol. The van der Waals surface area contributed by atoms with Crippen LogP contribution in [0.25, 0.3) is 0 Å². The zero-order chi connectivity index (χ0) is 13.9. The second kappa shape index (κ2) is 5.34. The molecule has 0 fully saturated rings. The summed E-state index contributed by atoms with van der Waals surface area (Å²) in [5, 5.41) is 11.4. The van der Waals surface area contributed by atoms with Crippen LogP contribution < -0.4 is 5.32 Å². The molecule has 0 spiro atoms. The Kier molecular flexibility index (Phi) is 3.79. The van der Waals surface area contributed by atoms with Gasteiger partial charge in [0.25, 0.3) is 0 Å². The SMILES string of the molecule is Cc1nnc(NCC(C)(C)c2ccccc2)nc1C. The summed E-state index contributed by atoms with van der Waals surface area (Å²) in [5.74, 6) is 0.590. The molecule has 0 bridgehead atoms.